The van der Waals surface area contributed by atoms with Crippen molar-refractivity contribution < 1.29 is 9.21 Å². The van der Waals surface area contributed by atoms with Crippen LogP contribution in [0.15, 0.2) is 34.9 Å². The normalized spacial score (nSPS) is 12.0. The van der Waals surface area contributed by atoms with Gasteiger partial charge >= 0.3 is 0 Å². The van der Waals surface area contributed by atoms with Crippen LogP contribution in [0.5, 0.6) is 0 Å². The van der Waals surface area contributed by atoms with Gasteiger partial charge in [0.25, 0.3) is 0 Å². The smallest absolute Gasteiger partial charge is 0.239 e. The zero-order chi connectivity index (χ0) is 15.4. The Hall–Kier alpha value is -1.65. The second-order valence-electron chi connectivity index (χ2n) is 4.72. The summed E-state index contributed by atoms with van der Waals surface area (Å²) in [6.07, 6.45) is 1.58. The zero-order valence-corrected chi connectivity index (χ0v) is 13.3. The van der Waals surface area contributed by atoms with Gasteiger partial charge < -0.3 is 15.1 Å². The number of carbonyl (C=O) groups excluding carboxylic acids is 1. The molecule has 112 valence electrons. The van der Waals surface area contributed by atoms with Gasteiger partial charge in [-0.2, -0.15) is 0 Å². The van der Waals surface area contributed by atoms with E-state index in [4.69, 9.17) is 27.6 Å². The Morgan fingerprint density at radius 2 is 2.00 bits per heavy atom. The molecule has 1 amide bonds. The zero-order valence-electron chi connectivity index (χ0n) is 11.7. The first kappa shape index (κ1) is 15.7. The van der Waals surface area contributed by atoms with E-state index < -0.39 is 0 Å². The molecular weight excluding hydrogens is 311 g/mol. The Morgan fingerprint density at radius 1 is 1.33 bits per heavy atom. The highest BCUT2D eigenvalue weighted by Gasteiger charge is 2.12. The Labute approximate surface area is 133 Å². The maximum absolute atomic E-state index is 11.9. The Kier molecular flexibility index (Phi) is 5.15. The molecule has 6 heteroatoms. The molecule has 2 rings (SSSR count). The quantitative estimate of drug-likeness (QED) is 0.866. The molecule has 0 aliphatic heterocycles. The van der Waals surface area contributed by atoms with Crippen molar-refractivity contribution in [2.75, 3.05) is 11.9 Å². The first-order valence-corrected chi connectivity index (χ1v) is 7.25. The van der Waals surface area contributed by atoms with Crippen molar-refractivity contribution in [2.24, 2.45) is 0 Å². The van der Waals surface area contributed by atoms with E-state index in [0.29, 0.717) is 21.5 Å². The standard InChI is InChI=1S/C15H16Cl2N2O2/c1-9-12(16)6-11(7-13(9)17)18-8-15(20)19-10(2)14-4-3-5-21-14/h3-7,10,18H,8H2,1-2H3,(H,19,20). The molecule has 1 heterocycles. The molecule has 0 aliphatic rings. The van der Waals surface area contributed by atoms with Gasteiger partial charge in [-0.15, -0.1) is 0 Å². The lowest BCUT2D eigenvalue weighted by atomic mass is 10.2. The van der Waals surface area contributed by atoms with Crippen molar-refractivity contribution in [2.45, 2.75) is 19.9 Å². The summed E-state index contributed by atoms with van der Waals surface area (Å²) in [5, 5.41) is 6.95. The van der Waals surface area contributed by atoms with E-state index in [1.165, 1.54) is 0 Å². The largest absolute Gasteiger partial charge is 0.467 e. The lowest BCUT2D eigenvalue weighted by Gasteiger charge is -2.13. The van der Waals surface area contributed by atoms with E-state index in [2.05, 4.69) is 10.6 Å². The van der Waals surface area contributed by atoms with Gasteiger partial charge in [-0.05, 0) is 43.7 Å². The Morgan fingerprint density at radius 3 is 2.57 bits per heavy atom. The fourth-order valence-corrected chi connectivity index (χ4v) is 2.32. The van der Waals surface area contributed by atoms with Crippen LogP contribution in [0.25, 0.3) is 0 Å². The van der Waals surface area contributed by atoms with Gasteiger partial charge in [0.05, 0.1) is 18.8 Å². The minimum absolute atomic E-state index is 0.126. The van der Waals surface area contributed by atoms with Gasteiger partial charge in [-0.1, -0.05) is 23.2 Å². The van der Waals surface area contributed by atoms with E-state index in [1.54, 1.807) is 24.5 Å². The van der Waals surface area contributed by atoms with Crippen molar-refractivity contribution in [3.8, 4) is 0 Å². The average Bonchev–Trinajstić information content (AvgIpc) is 2.96. The number of carbonyl (C=O) groups is 1. The van der Waals surface area contributed by atoms with Crippen LogP contribution in [0.4, 0.5) is 5.69 Å². The van der Waals surface area contributed by atoms with Crippen LogP contribution in [0.3, 0.4) is 0 Å². The highest BCUT2D eigenvalue weighted by atomic mass is 35.5. The van der Waals surface area contributed by atoms with Crippen molar-refractivity contribution >= 4 is 34.8 Å². The third-order valence-electron chi connectivity index (χ3n) is 3.08. The van der Waals surface area contributed by atoms with Gasteiger partial charge in [0.2, 0.25) is 5.91 Å². The van der Waals surface area contributed by atoms with Crippen LogP contribution in [0, 0.1) is 6.92 Å². The summed E-state index contributed by atoms with van der Waals surface area (Å²) < 4.78 is 5.23. The monoisotopic (exact) mass is 326 g/mol. The van der Waals surface area contributed by atoms with Crippen LogP contribution in [0.1, 0.15) is 24.3 Å². The molecule has 0 bridgehead atoms. The highest BCUT2D eigenvalue weighted by molar-refractivity contribution is 6.36. The van der Waals surface area contributed by atoms with Crippen LogP contribution in [-0.4, -0.2) is 12.5 Å². The molecule has 4 nitrogen and oxygen atoms in total. The van der Waals surface area contributed by atoms with Gasteiger partial charge in [-0.3, -0.25) is 4.79 Å². The Bertz CT molecular complexity index is 604. The van der Waals surface area contributed by atoms with E-state index in [0.717, 1.165) is 5.56 Å². The third-order valence-corrected chi connectivity index (χ3v) is 3.87. The number of rotatable bonds is 5. The molecule has 0 fully saturated rings. The van der Waals surface area contributed by atoms with Crippen molar-refractivity contribution in [3.05, 3.63) is 51.9 Å². The molecule has 2 N–H and O–H groups in total. The van der Waals surface area contributed by atoms with E-state index in [9.17, 15) is 4.79 Å². The maximum Gasteiger partial charge on any atom is 0.239 e. The molecule has 0 saturated carbocycles. The van der Waals surface area contributed by atoms with Crippen molar-refractivity contribution in [1.82, 2.24) is 5.32 Å². The molecule has 1 aromatic carbocycles. The first-order chi connectivity index (χ1) is 9.97. The van der Waals surface area contributed by atoms with Crippen molar-refractivity contribution in [1.29, 1.82) is 0 Å². The summed E-state index contributed by atoms with van der Waals surface area (Å²) in [6, 6.07) is 6.90. The molecule has 1 atom stereocenters. The van der Waals surface area contributed by atoms with Gasteiger partial charge in [0, 0.05) is 15.7 Å². The SMILES string of the molecule is Cc1c(Cl)cc(NCC(=O)NC(C)c2ccco2)cc1Cl. The van der Waals surface area contributed by atoms with Crippen LogP contribution in [-0.2, 0) is 4.79 Å². The second kappa shape index (κ2) is 6.87. The molecule has 1 aromatic heterocycles. The lowest BCUT2D eigenvalue weighted by Crippen LogP contribution is -2.31. The first-order valence-electron chi connectivity index (χ1n) is 6.49. The van der Waals surface area contributed by atoms with Crippen LogP contribution >= 0.6 is 23.2 Å². The summed E-state index contributed by atoms with van der Waals surface area (Å²) in [5.74, 6) is 0.566. The fourth-order valence-electron chi connectivity index (χ4n) is 1.83. The van der Waals surface area contributed by atoms with E-state index >= 15 is 0 Å². The van der Waals surface area contributed by atoms with Crippen molar-refractivity contribution in [3.63, 3.8) is 0 Å². The summed E-state index contributed by atoms with van der Waals surface area (Å²) in [4.78, 5) is 11.9. The summed E-state index contributed by atoms with van der Waals surface area (Å²) in [5.41, 5.74) is 1.52. The number of halogens is 2. The predicted molar refractivity (Wildman–Crippen MR) is 85.0 cm³/mol. The molecule has 0 radical (unpaired) electrons. The molecule has 2 aromatic rings. The third kappa shape index (κ3) is 4.16. The molecule has 0 aliphatic carbocycles. The van der Waals surface area contributed by atoms with Crippen LogP contribution in [0.2, 0.25) is 10.0 Å². The molecule has 1 unspecified atom stereocenters. The molecule has 0 spiro atoms. The second-order valence-corrected chi connectivity index (χ2v) is 5.54. The number of furan rings is 1. The van der Waals surface area contributed by atoms with E-state index in [-0.39, 0.29) is 18.5 Å². The number of hydrogen-bond acceptors (Lipinski definition) is 3. The minimum Gasteiger partial charge on any atom is -0.467 e. The number of hydrogen-bond donors (Lipinski definition) is 2. The molecule has 21 heavy (non-hydrogen) atoms. The summed E-state index contributed by atoms with van der Waals surface area (Å²) >= 11 is 12.1. The predicted octanol–water partition coefficient (Wildman–Crippen LogP) is 4.18. The number of amides is 1. The number of benzene rings is 1. The van der Waals surface area contributed by atoms with Gasteiger partial charge in [0.1, 0.15) is 5.76 Å². The number of anilines is 1. The topological polar surface area (TPSA) is 54.3 Å². The lowest BCUT2D eigenvalue weighted by molar-refractivity contribution is -0.120. The van der Waals surface area contributed by atoms with Crippen LogP contribution < -0.4 is 10.6 Å². The maximum atomic E-state index is 11.9. The minimum atomic E-state index is -0.181. The summed E-state index contributed by atoms with van der Waals surface area (Å²) in [6.45, 7) is 3.82. The molecule has 0 saturated heterocycles. The summed E-state index contributed by atoms with van der Waals surface area (Å²) in [7, 11) is 0. The highest BCUT2D eigenvalue weighted by Crippen LogP contribution is 2.27. The average molecular weight is 327 g/mol. The number of nitrogens with one attached hydrogen (secondary N) is 2. The van der Waals surface area contributed by atoms with Gasteiger partial charge in [-0.25, -0.2) is 0 Å². The van der Waals surface area contributed by atoms with Gasteiger partial charge in [0.15, 0.2) is 0 Å². The molecular formula is C15H16Cl2N2O2. The fraction of sp³-hybridized carbons (Fsp3) is 0.267. The van der Waals surface area contributed by atoms with E-state index in [1.807, 2.05) is 19.9 Å². The Balaban J connectivity index is 1.89.